The van der Waals surface area contributed by atoms with Gasteiger partial charge in [-0.15, -0.1) is 0 Å². The van der Waals surface area contributed by atoms with Crippen LogP contribution in [-0.2, 0) is 16.9 Å². The first-order valence-corrected chi connectivity index (χ1v) is 10.4. The molecule has 158 valence electrons. The van der Waals surface area contributed by atoms with E-state index in [0.29, 0.717) is 22.4 Å². The molecule has 4 aromatic carbocycles. The van der Waals surface area contributed by atoms with Gasteiger partial charge < -0.3 is 10.0 Å². The normalized spacial score (nSPS) is 17.6. The van der Waals surface area contributed by atoms with Crippen molar-refractivity contribution in [2.45, 2.75) is 18.6 Å². The SMILES string of the molecule is O=C(CC1(O)C(=O)N(Cc2cccc(F)c2)c2ccccc21)c1cccc2ccccc12. The molecule has 1 N–H and O–H groups in total. The van der Waals surface area contributed by atoms with Gasteiger partial charge in [0.05, 0.1) is 18.7 Å². The van der Waals surface area contributed by atoms with E-state index in [-0.39, 0.29) is 18.7 Å². The maximum absolute atomic E-state index is 13.7. The number of carbonyl (C=O) groups excluding carboxylic acids is 2. The summed E-state index contributed by atoms with van der Waals surface area (Å²) >= 11 is 0. The quantitative estimate of drug-likeness (QED) is 0.459. The second-order valence-corrected chi connectivity index (χ2v) is 8.03. The number of carbonyl (C=O) groups is 2. The second kappa shape index (κ2) is 7.70. The Bertz CT molecular complexity index is 1360. The Labute approximate surface area is 184 Å². The zero-order valence-corrected chi connectivity index (χ0v) is 17.2. The summed E-state index contributed by atoms with van der Waals surface area (Å²) in [5, 5.41) is 13.2. The van der Waals surface area contributed by atoms with Crippen LogP contribution in [0, 0.1) is 5.82 Å². The molecule has 0 aromatic heterocycles. The van der Waals surface area contributed by atoms with Crippen LogP contribution < -0.4 is 4.90 Å². The fourth-order valence-electron chi connectivity index (χ4n) is 4.45. The van der Waals surface area contributed by atoms with Gasteiger partial charge in [0.1, 0.15) is 5.82 Å². The van der Waals surface area contributed by atoms with Gasteiger partial charge in [-0.25, -0.2) is 4.39 Å². The number of amides is 1. The number of rotatable bonds is 5. The van der Waals surface area contributed by atoms with Gasteiger partial charge in [-0.2, -0.15) is 0 Å². The van der Waals surface area contributed by atoms with Crippen LogP contribution in [-0.4, -0.2) is 16.8 Å². The van der Waals surface area contributed by atoms with Crippen LogP contribution in [0.15, 0.2) is 91.0 Å². The van der Waals surface area contributed by atoms with E-state index in [1.165, 1.54) is 17.0 Å². The number of nitrogens with zero attached hydrogens (tertiary/aromatic N) is 1. The number of hydrogen-bond acceptors (Lipinski definition) is 3. The maximum atomic E-state index is 13.7. The second-order valence-electron chi connectivity index (χ2n) is 8.03. The average molecular weight is 425 g/mol. The summed E-state index contributed by atoms with van der Waals surface area (Å²) in [5.74, 6) is -1.31. The van der Waals surface area contributed by atoms with E-state index in [2.05, 4.69) is 0 Å². The molecule has 4 nitrogen and oxygen atoms in total. The minimum atomic E-state index is -1.99. The lowest BCUT2D eigenvalue weighted by atomic mass is 9.87. The number of anilines is 1. The fraction of sp³-hybridized carbons (Fsp3) is 0.111. The molecule has 4 aromatic rings. The predicted octanol–water partition coefficient (Wildman–Crippen LogP) is 4.99. The van der Waals surface area contributed by atoms with Crippen LogP contribution in [0.1, 0.15) is 27.9 Å². The largest absolute Gasteiger partial charge is 0.375 e. The van der Waals surface area contributed by atoms with E-state index >= 15 is 0 Å². The first-order chi connectivity index (χ1) is 15.5. The Balaban J connectivity index is 1.52. The molecule has 0 fully saturated rings. The van der Waals surface area contributed by atoms with Crippen LogP contribution in [0.5, 0.6) is 0 Å². The smallest absolute Gasteiger partial charge is 0.264 e. The van der Waals surface area contributed by atoms with Crippen molar-refractivity contribution in [3.05, 3.63) is 114 Å². The Kier molecular flexibility index (Phi) is 4.83. The van der Waals surface area contributed by atoms with Crippen LogP contribution >= 0.6 is 0 Å². The summed E-state index contributed by atoms with van der Waals surface area (Å²) < 4.78 is 13.7. The maximum Gasteiger partial charge on any atom is 0.264 e. The number of benzene rings is 4. The molecule has 1 heterocycles. The number of hydrogen-bond donors (Lipinski definition) is 1. The first kappa shape index (κ1) is 20.1. The van der Waals surface area contributed by atoms with Crippen molar-refractivity contribution in [2.24, 2.45) is 0 Å². The Hall–Kier alpha value is -3.83. The number of ketones is 1. The van der Waals surface area contributed by atoms with Crippen molar-refractivity contribution in [3.63, 3.8) is 0 Å². The first-order valence-electron chi connectivity index (χ1n) is 10.4. The topological polar surface area (TPSA) is 57.6 Å². The summed E-state index contributed by atoms with van der Waals surface area (Å²) in [7, 11) is 0. The third-order valence-electron chi connectivity index (χ3n) is 5.98. The van der Waals surface area contributed by atoms with E-state index in [1.54, 1.807) is 48.5 Å². The lowest BCUT2D eigenvalue weighted by Crippen LogP contribution is -2.41. The van der Waals surface area contributed by atoms with E-state index in [9.17, 15) is 19.1 Å². The van der Waals surface area contributed by atoms with E-state index in [4.69, 9.17) is 0 Å². The molecule has 1 aliphatic heterocycles. The molecule has 0 radical (unpaired) electrons. The molecule has 0 spiro atoms. The minimum Gasteiger partial charge on any atom is -0.375 e. The molecule has 1 aliphatic rings. The van der Waals surface area contributed by atoms with Crippen molar-refractivity contribution in [2.75, 3.05) is 4.90 Å². The van der Waals surface area contributed by atoms with Gasteiger partial charge in [-0.1, -0.05) is 72.8 Å². The Morgan fingerprint density at radius 1 is 0.906 bits per heavy atom. The van der Waals surface area contributed by atoms with Gasteiger partial charge in [0, 0.05) is 11.1 Å². The summed E-state index contributed by atoms with van der Waals surface area (Å²) in [6.45, 7) is 0.0956. The number of para-hydroxylation sites is 1. The molecule has 0 bridgehead atoms. The van der Waals surface area contributed by atoms with Crippen molar-refractivity contribution < 1.29 is 19.1 Å². The highest BCUT2D eigenvalue weighted by Crippen LogP contribution is 2.43. The third kappa shape index (κ3) is 3.27. The van der Waals surface area contributed by atoms with E-state index < -0.39 is 17.3 Å². The molecule has 0 saturated carbocycles. The van der Waals surface area contributed by atoms with Crippen molar-refractivity contribution in [1.29, 1.82) is 0 Å². The Morgan fingerprint density at radius 3 is 2.47 bits per heavy atom. The van der Waals surface area contributed by atoms with Gasteiger partial charge in [0.2, 0.25) is 0 Å². The predicted molar refractivity (Wildman–Crippen MR) is 121 cm³/mol. The standard InChI is InChI=1S/C27H20FNO3/c28-20-10-5-7-18(15-20)17-29-24-14-4-3-13-23(24)27(32,26(29)31)16-25(30)22-12-6-9-19-8-1-2-11-21(19)22/h1-15,32H,16-17H2. The van der Waals surface area contributed by atoms with Gasteiger partial charge in [-0.3, -0.25) is 9.59 Å². The molecule has 5 rings (SSSR count). The zero-order valence-electron chi connectivity index (χ0n) is 17.2. The number of Topliss-reactive ketones (excluding diaryl/α,β-unsaturated/α-hetero) is 1. The van der Waals surface area contributed by atoms with Gasteiger partial charge >= 0.3 is 0 Å². The number of halogens is 1. The van der Waals surface area contributed by atoms with E-state index in [0.717, 1.165) is 10.8 Å². The lowest BCUT2D eigenvalue weighted by Gasteiger charge is -2.23. The molecular weight excluding hydrogens is 405 g/mol. The Morgan fingerprint density at radius 2 is 1.62 bits per heavy atom. The molecule has 1 amide bonds. The lowest BCUT2D eigenvalue weighted by molar-refractivity contribution is -0.136. The third-order valence-corrected chi connectivity index (χ3v) is 5.98. The van der Waals surface area contributed by atoms with Crippen LogP contribution in [0.4, 0.5) is 10.1 Å². The van der Waals surface area contributed by atoms with Crippen molar-refractivity contribution in [3.8, 4) is 0 Å². The van der Waals surface area contributed by atoms with E-state index in [1.807, 2.05) is 30.3 Å². The highest BCUT2D eigenvalue weighted by atomic mass is 19.1. The van der Waals surface area contributed by atoms with Gasteiger partial charge in [0.15, 0.2) is 11.4 Å². The fourth-order valence-corrected chi connectivity index (χ4v) is 4.45. The summed E-state index contributed by atoms with van der Waals surface area (Å²) in [6, 6.07) is 25.8. The molecule has 0 aliphatic carbocycles. The molecule has 1 unspecified atom stereocenters. The average Bonchev–Trinajstić information content (AvgIpc) is 3.00. The number of fused-ring (bicyclic) bond motifs is 2. The highest BCUT2D eigenvalue weighted by molar-refractivity contribution is 6.13. The van der Waals surface area contributed by atoms with Crippen LogP contribution in [0.2, 0.25) is 0 Å². The van der Waals surface area contributed by atoms with Gasteiger partial charge in [-0.05, 0) is 34.5 Å². The minimum absolute atomic E-state index is 0.0956. The molecule has 0 saturated heterocycles. The molecule has 5 heteroatoms. The van der Waals surface area contributed by atoms with Gasteiger partial charge in [0.25, 0.3) is 5.91 Å². The van der Waals surface area contributed by atoms with Crippen molar-refractivity contribution >= 4 is 28.2 Å². The summed E-state index contributed by atoms with van der Waals surface area (Å²) in [6.07, 6.45) is -0.378. The summed E-state index contributed by atoms with van der Waals surface area (Å²) in [5.41, 5.74) is -0.0223. The molecular formula is C27H20FNO3. The summed E-state index contributed by atoms with van der Waals surface area (Å²) in [4.78, 5) is 28.2. The zero-order chi connectivity index (χ0) is 22.3. The molecule has 1 atom stereocenters. The monoisotopic (exact) mass is 425 g/mol. The van der Waals surface area contributed by atoms with Crippen LogP contribution in [0.25, 0.3) is 10.8 Å². The van der Waals surface area contributed by atoms with Crippen molar-refractivity contribution in [1.82, 2.24) is 0 Å². The molecule has 32 heavy (non-hydrogen) atoms. The highest BCUT2D eigenvalue weighted by Gasteiger charge is 2.50. The van der Waals surface area contributed by atoms with Crippen LogP contribution in [0.3, 0.4) is 0 Å². The number of aliphatic hydroxyl groups is 1.